The number of carbonyl (C=O) groups excluding carboxylic acids is 2. The van der Waals surface area contributed by atoms with E-state index in [0.717, 1.165) is 24.8 Å². The molecule has 8 heteroatoms. The molecule has 1 saturated carbocycles. The summed E-state index contributed by atoms with van der Waals surface area (Å²) in [5.74, 6) is 1.13. The van der Waals surface area contributed by atoms with E-state index in [1.807, 2.05) is 17.0 Å². The van der Waals surface area contributed by atoms with E-state index in [1.54, 1.807) is 59.7 Å². The Labute approximate surface area is 214 Å². The number of halogens is 1. The van der Waals surface area contributed by atoms with Crippen LogP contribution in [0.25, 0.3) is 0 Å². The van der Waals surface area contributed by atoms with Crippen molar-refractivity contribution in [3.63, 3.8) is 0 Å². The number of carbonyl (C=O) groups is 2. The maximum Gasteiger partial charge on any atom is 0.254 e. The Bertz CT molecular complexity index is 1210. The fourth-order valence-electron chi connectivity index (χ4n) is 4.49. The summed E-state index contributed by atoms with van der Waals surface area (Å²) < 4.78 is 11.4. The molecule has 0 N–H and O–H groups in total. The van der Waals surface area contributed by atoms with Gasteiger partial charge in [-0.05, 0) is 78.7 Å². The molecule has 2 heterocycles. The number of hydrogen-bond donors (Lipinski definition) is 0. The smallest absolute Gasteiger partial charge is 0.254 e. The zero-order valence-electron chi connectivity index (χ0n) is 19.5. The molecular weight excluding hydrogens is 484 g/mol. The van der Waals surface area contributed by atoms with Crippen LogP contribution in [0.3, 0.4) is 0 Å². The molecule has 2 amide bonds. The van der Waals surface area contributed by atoms with Gasteiger partial charge in [-0.3, -0.25) is 9.59 Å². The van der Waals surface area contributed by atoms with Crippen LogP contribution in [-0.2, 0) is 11.2 Å². The van der Waals surface area contributed by atoms with Crippen LogP contribution in [0.1, 0.15) is 39.7 Å². The maximum atomic E-state index is 13.6. The van der Waals surface area contributed by atoms with Gasteiger partial charge in [0.25, 0.3) is 5.91 Å². The van der Waals surface area contributed by atoms with Gasteiger partial charge in [0, 0.05) is 28.0 Å². The first-order chi connectivity index (χ1) is 17.0. The zero-order chi connectivity index (χ0) is 24.4. The lowest BCUT2D eigenvalue weighted by Crippen LogP contribution is -2.48. The van der Waals surface area contributed by atoms with Crippen molar-refractivity contribution in [2.24, 2.45) is 0 Å². The number of hydrogen-bond acceptors (Lipinski definition) is 5. The Morgan fingerprint density at radius 3 is 2.66 bits per heavy atom. The van der Waals surface area contributed by atoms with Crippen LogP contribution in [0.2, 0.25) is 5.02 Å². The summed E-state index contributed by atoms with van der Waals surface area (Å²) in [7, 11) is 1.58. The molecule has 5 rings (SSSR count). The molecule has 1 aliphatic carbocycles. The maximum absolute atomic E-state index is 13.6. The lowest BCUT2D eigenvalue weighted by molar-refractivity contribution is -0.135. The third-order valence-electron chi connectivity index (χ3n) is 6.51. The standard InChI is InChI=1S/C27H27ClN2O4S/c1-33-22-4-2-3-18(15-22)27(32)30(20-7-8-20)16-26(31)29-13-11-25-23(12-14-35-25)24(29)17-34-21-9-5-19(28)6-10-21/h2-6,9-10,12,14-15,20,24H,7-8,11,13,16-17H2,1H3/t24-/m0/s1. The topological polar surface area (TPSA) is 59.1 Å². The number of nitrogens with zero attached hydrogens (tertiary/aromatic N) is 2. The number of methoxy groups -OCH3 is 1. The van der Waals surface area contributed by atoms with Crippen LogP contribution >= 0.6 is 22.9 Å². The Hall–Kier alpha value is -3.03. The van der Waals surface area contributed by atoms with Gasteiger partial charge in [-0.2, -0.15) is 0 Å². The summed E-state index contributed by atoms with van der Waals surface area (Å²) in [4.78, 5) is 31.9. The predicted molar refractivity (Wildman–Crippen MR) is 136 cm³/mol. The number of thiophene rings is 1. The summed E-state index contributed by atoms with van der Waals surface area (Å²) in [6.45, 7) is 0.995. The van der Waals surface area contributed by atoms with Crippen molar-refractivity contribution < 1.29 is 19.1 Å². The van der Waals surface area contributed by atoms with Gasteiger partial charge in [0.15, 0.2) is 0 Å². The van der Waals surface area contributed by atoms with Crippen molar-refractivity contribution in [1.29, 1.82) is 0 Å². The van der Waals surface area contributed by atoms with Gasteiger partial charge in [0.05, 0.1) is 13.2 Å². The first-order valence-corrected chi connectivity index (χ1v) is 13.0. The molecule has 0 radical (unpaired) electrons. The quantitative estimate of drug-likeness (QED) is 0.417. The van der Waals surface area contributed by atoms with Crippen LogP contribution in [0.4, 0.5) is 0 Å². The van der Waals surface area contributed by atoms with Crippen molar-refractivity contribution in [2.75, 3.05) is 26.8 Å². The molecule has 1 aromatic heterocycles. The molecule has 2 aliphatic rings. The number of amides is 2. The molecule has 1 fully saturated rings. The lowest BCUT2D eigenvalue weighted by Gasteiger charge is -2.37. The van der Waals surface area contributed by atoms with Crippen molar-refractivity contribution in [2.45, 2.75) is 31.3 Å². The monoisotopic (exact) mass is 510 g/mol. The number of ether oxygens (including phenoxy) is 2. The van der Waals surface area contributed by atoms with Crippen molar-refractivity contribution in [1.82, 2.24) is 9.80 Å². The highest BCUT2D eigenvalue weighted by atomic mass is 35.5. The fraction of sp³-hybridized carbons (Fsp3) is 0.333. The highest BCUT2D eigenvalue weighted by Gasteiger charge is 2.38. The summed E-state index contributed by atoms with van der Waals surface area (Å²) in [6.07, 6.45) is 2.64. The molecule has 0 spiro atoms. The fourth-order valence-corrected chi connectivity index (χ4v) is 5.55. The minimum atomic E-state index is -0.207. The van der Waals surface area contributed by atoms with E-state index in [9.17, 15) is 9.59 Å². The summed E-state index contributed by atoms with van der Waals surface area (Å²) in [6, 6.07) is 16.3. The molecule has 1 atom stereocenters. The van der Waals surface area contributed by atoms with Crippen LogP contribution in [0.15, 0.2) is 60.0 Å². The summed E-state index contributed by atoms with van der Waals surface area (Å²) in [5, 5.41) is 2.71. The molecule has 0 saturated heterocycles. The van der Waals surface area contributed by atoms with Gasteiger partial charge in [0.1, 0.15) is 24.7 Å². The van der Waals surface area contributed by atoms with Gasteiger partial charge >= 0.3 is 0 Å². The molecule has 2 aromatic carbocycles. The Morgan fingerprint density at radius 2 is 1.91 bits per heavy atom. The second kappa shape index (κ2) is 10.3. The highest BCUT2D eigenvalue weighted by molar-refractivity contribution is 7.10. The van der Waals surface area contributed by atoms with Gasteiger partial charge in [-0.25, -0.2) is 0 Å². The first kappa shape index (κ1) is 23.7. The van der Waals surface area contributed by atoms with Crippen LogP contribution < -0.4 is 9.47 Å². The van der Waals surface area contributed by atoms with E-state index in [4.69, 9.17) is 21.1 Å². The third-order valence-corrected chi connectivity index (χ3v) is 7.76. The van der Waals surface area contributed by atoms with E-state index >= 15 is 0 Å². The second-order valence-corrected chi connectivity index (χ2v) is 10.3. The van der Waals surface area contributed by atoms with E-state index in [0.29, 0.717) is 35.2 Å². The average Bonchev–Trinajstić information content (AvgIpc) is 3.61. The molecule has 0 bridgehead atoms. The van der Waals surface area contributed by atoms with E-state index < -0.39 is 0 Å². The number of benzene rings is 2. The Morgan fingerprint density at radius 1 is 1.11 bits per heavy atom. The Kier molecular flexibility index (Phi) is 6.97. The molecule has 182 valence electrons. The molecule has 3 aromatic rings. The normalized spacial score (nSPS) is 17.0. The molecule has 35 heavy (non-hydrogen) atoms. The molecular formula is C27H27ClN2O4S. The third kappa shape index (κ3) is 5.31. The largest absolute Gasteiger partial charge is 0.497 e. The van der Waals surface area contributed by atoms with E-state index in [-0.39, 0.29) is 30.4 Å². The average molecular weight is 511 g/mol. The number of fused-ring (bicyclic) bond motifs is 1. The van der Waals surface area contributed by atoms with Crippen LogP contribution in [-0.4, -0.2) is 54.5 Å². The minimum Gasteiger partial charge on any atom is -0.497 e. The minimum absolute atomic E-state index is 0.0532. The van der Waals surface area contributed by atoms with Gasteiger partial charge in [0.2, 0.25) is 5.91 Å². The van der Waals surface area contributed by atoms with Gasteiger partial charge in [-0.1, -0.05) is 17.7 Å². The molecule has 0 unspecified atom stereocenters. The second-order valence-electron chi connectivity index (χ2n) is 8.81. The first-order valence-electron chi connectivity index (χ1n) is 11.7. The van der Waals surface area contributed by atoms with Crippen molar-refractivity contribution in [3.8, 4) is 11.5 Å². The van der Waals surface area contributed by atoms with Crippen LogP contribution in [0.5, 0.6) is 11.5 Å². The number of rotatable bonds is 8. The van der Waals surface area contributed by atoms with Crippen molar-refractivity contribution in [3.05, 3.63) is 81.0 Å². The zero-order valence-corrected chi connectivity index (χ0v) is 21.1. The Balaban J connectivity index is 1.34. The molecule has 6 nitrogen and oxygen atoms in total. The van der Waals surface area contributed by atoms with Crippen molar-refractivity contribution >= 4 is 34.8 Å². The predicted octanol–water partition coefficient (Wildman–Crippen LogP) is 5.22. The summed E-state index contributed by atoms with van der Waals surface area (Å²) >= 11 is 7.71. The highest BCUT2D eigenvalue weighted by Crippen LogP contribution is 2.35. The van der Waals surface area contributed by atoms with E-state index in [2.05, 4.69) is 11.4 Å². The summed E-state index contributed by atoms with van der Waals surface area (Å²) in [5.41, 5.74) is 1.66. The van der Waals surface area contributed by atoms with Gasteiger partial charge < -0.3 is 19.3 Å². The van der Waals surface area contributed by atoms with E-state index in [1.165, 1.54) is 4.88 Å². The molecule has 1 aliphatic heterocycles. The van der Waals surface area contributed by atoms with Gasteiger partial charge in [-0.15, -0.1) is 11.3 Å². The SMILES string of the molecule is COc1cccc(C(=O)N(CC(=O)N2CCc3sccc3[C@@H]2COc2ccc(Cl)cc2)C2CC2)c1. The van der Waals surface area contributed by atoms with Crippen LogP contribution in [0, 0.1) is 0 Å². The lowest BCUT2D eigenvalue weighted by atomic mass is 10.0.